The number of carbonyl (C=O) groups excluding carboxylic acids is 1. The summed E-state index contributed by atoms with van der Waals surface area (Å²) in [5.74, 6) is 1.52. The van der Waals surface area contributed by atoms with Crippen molar-refractivity contribution in [3.05, 3.63) is 52.7 Å². The normalized spacial score (nSPS) is 14.5. The number of hydrogen-bond donors (Lipinski definition) is 1. The van der Waals surface area contributed by atoms with Crippen LogP contribution in [0.4, 0.5) is 0 Å². The van der Waals surface area contributed by atoms with Gasteiger partial charge in [0.2, 0.25) is 0 Å². The van der Waals surface area contributed by atoms with Crippen LogP contribution in [0.15, 0.2) is 41.5 Å². The van der Waals surface area contributed by atoms with Crippen LogP contribution in [0.1, 0.15) is 31.4 Å². The van der Waals surface area contributed by atoms with E-state index in [4.69, 9.17) is 9.47 Å². The SMILES string of the molecule is COc1ccc(OC(C)C(=O)NCCn2cnc(C3CC3)cc2=O)cc1. The van der Waals surface area contributed by atoms with Gasteiger partial charge in [-0.05, 0) is 44.0 Å². The lowest BCUT2D eigenvalue weighted by molar-refractivity contribution is -0.127. The smallest absolute Gasteiger partial charge is 0.260 e. The number of ether oxygens (including phenoxy) is 2. The molecule has 3 rings (SSSR count). The Morgan fingerprint density at radius 2 is 2.00 bits per heavy atom. The minimum atomic E-state index is -0.643. The van der Waals surface area contributed by atoms with Gasteiger partial charge < -0.3 is 14.8 Å². The van der Waals surface area contributed by atoms with Gasteiger partial charge in [0, 0.05) is 25.1 Å². The van der Waals surface area contributed by atoms with E-state index in [1.54, 1.807) is 50.7 Å². The van der Waals surface area contributed by atoms with Gasteiger partial charge in [-0.2, -0.15) is 0 Å². The van der Waals surface area contributed by atoms with Crippen molar-refractivity contribution in [2.75, 3.05) is 13.7 Å². The number of carbonyl (C=O) groups is 1. The molecule has 0 aliphatic heterocycles. The third-order valence-corrected chi connectivity index (χ3v) is 4.29. The second-order valence-electron chi connectivity index (χ2n) is 6.35. The summed E-state index contributed by atoms with van der Waals surface area (Å²) in [7, 11) is 1.59. The predicted molar refractivity (Wildman–Crippen MR) is 96.6 cm³/mol. The van der Waals surface area contributed by atoms with E-state index in [2.05, 4.69) is 10.3 Å². The summed E-state index contributed by atoms with van der Waals surface area (Å²) in [6.45, 7) is 2.38. The number of aromatic nitrogens is 2. The van der Waals surface area contributed by atoms with Crippen LogP contribution in [-0.2, 0) is 11.3 Å². The highest BCUT2D eigenvalue weighted by Crippen LogP contribution is 2.38. The monoisotopic (exact) mass is 357 g/mol. The zero-order valence-electron chi connectivity index (χ0n) is 15.0. The first-order chi connectivity index (χ1) is 12.6. The minimum absolute atomic E-state index is 0.0846. The molecule has 2 aromatic rings. The highest BCUT2D eigenvalue weighted by molar-refractivity contribution is 5.80. The molecule has 0 radical (unpaired) electrons. The average Bonchev–Trinajstić information content (AvgIpc) is 3.48. The lowest BCUT2D eigenvalue weighted by Gasteiger charge is -2.15. The first kappa shape index (κ1) is 18.0. The Labute approximate surface area is 152 Å². The second kappa shape index (κ2) is 8.03. The van der Waals surface area contributed by atoms with Crippen LogP contribution in [0, 0.1) is 0 Å². The van der Waals surface area contributed by atoms with Crippen molar-refractivity contribution in [2.24, 2.45) is 0 Å². The van der Waals surface area contributed by atoms with Crippen LogP contribution < -0.4 is 20.3 Å². The number of nitrogens with one attached hydrogen (secondary N) is 1. The quantitative estimate of drug-likeness (QED) is 0.778. The Bertz CT molecular complexity index is 812. The summed E-state index contributed by atoms with van der Waals surface area (Å²) in [5, 5.41) is 2.77. The van der Waals surface area contributed by atoms with E-state index >= 15 is 0 Å². The van der Waals surface area contributed by atoms with Crippen LogP contribution in [0.3, 0.4) is 0 Å². The molecule has 0 spiro atoms. The van der Waals surface area contributed by atoms with E-state index < -0.39 is 6.10 Å². The number of methoxy groups -OCH3 is 1. The Balaban J connectivity index is 1.46. The van der Waals surface area contributed by atoms with E-state index in [1.165, 1.54) is 4.57 Å². The van der Waals surface area contributed by atoms with Crippen molar-refractivity contribution in [1.29, 1.82) is 0 Å². The standard InChI is InChI=1S/C19H23N3O4/c1-13(26-16-7-5-15(25-2)6-8-16)19(24)20-9-10-22-12-21-17(11-18(22)23)14-3-4-14/h5-8,11-14H,3-4,9-10H2,1-2H3,(H,20,24). The molecule has 1 fully saturated rings. The van der Waals surface area contributed by atoms with Crippen LogP contribution in [0.2, 0.25) is 0 Å². The van der Waals surface area contributed by atoms with Crippen LogP contribution in [0.5, 0.6) is 11.5 Å². The van der Waals surface area contributed by atoms with Crippen molar-refractivity contribution in [3.63, 3.8) is 0 Å². The molecular formula is C19H23N3O4. The fraction of sp³-hybridized carbons (Fsp3) is 0.421. The molecule has 7 nitrogen and oxygen atoms in total. The van der Waals surface area contributed by atoms with Gasteiger partial charge >= 0.3 is 0 Å². The van der Waals surface area contributed by atoms with Gasteiger partial charge in [-0.15, -0.1) is 0 Å². The molecular weight excluding hydrogens is 334 g/mol. The van der Waals surface area contributed by atoms with Gasteiger partial charge in [-0.1, -0.05) is 0 Å². The van der Waals surface area contributed by atoms with Gasteiger partial charge in [0.15, 0.2) is 6.10 Å². The van der Waals surface area contributed by atoms with Crippen LogP contribution in [0.25, 0.3) is 0 Å². The van der Waals surface area contributed by atoms with E-state index in [1.807, 2.05) is 0 Å². The molecule has 1 unspecified atom stereocenters. The summed E-state index contributed by atoms with van der Waals surface area (Å²) < 4.78 is 12.2. The molecule has 0 saturated heterocycles. The van der Waals surface area contributed by atoms with Gasteiger partial charge in [-0.25, -0.2) is 4.98 Å². The van der Waals surface area contributed by atoms with Gasteiger partial charge in [-0.3, -0.25) is 14.2 Å². The largest absolute Gasteiger partial charge is 0.497 e. The van der Waals surface area contributed by atoms with Gasteiger partial charge in [0.1, 0.15) is 11.5 Å². The molecule has 1 aliphatic carbocycles. The molecule has 1 aliphatic rings. The molecule has 7 heteroatoms. The Kier molecular flexibility index (Phi) is 5.55. The summed E-state index contributed by atoms with van der Waals surface area (Å²) in [4.78, 5) is 28.5. The lowest BCUT2D eigenvalue weighted by Crippen LogP contribution is -2.38. The molecule has 1 saturated carbocycles. The third-order valence-electron chi connectivity index (χ3n) is 4.29. The zero-order chi connectivity index (χ0) is 18.5. The molecule has 1 aromatic carbocycles. The highest BCUT2D eigenvalue weighted by Gasteiger charge is 2.25. The highest BCUT2D eigenvalue weighted by atomic mass is 16.5. The topological polar surface area (TPSA) is 82.4 Å². The van der Waals surface area contributed by atoms with E-state index in [-0.39, 0.29) is 11.5 Å². The van der Waals surface area contributed by atoms with Crippen molar-refractivity contribution in [1.82, 2.24) is 14.9 Å². The number of rotatable bonds is 8. The Morgan fingerprint density at radius 1 is 1.31 bits per heavy atom. The summed E-state index contributed by atoms with van der Waals surface area (Å²) in [6, 6.07) is 8.62. The Hall–Kier alpha value is -2.83. The third kappa shape index (κ3) is 4.62. The maximum absolute atomic E-state index is 12.1. The minimum Gasteiger partial charge on any atom is -0.497 e. The maximum Gasteiger partial charge on any atom is 0.260 e. The number of amides is 1. The number of nitrogens with zero attached hydrogens (tertiary/aromatic N) is 2. The molecule has 1 aromatic heterocycles. The number of benzene rings is 1. The molecule has 26 heavy (non-hydrogen) atoms. The predicted octanol–water partition coefficient (Wildman–Crippen LogP) is 1.71. The summed E-state index contributed by atoms with van der Waals surface area (Å²) in [5.41, 5.74) is 0.787. The summed E-state index contributed by atoms with van der Waals surface area (Å²) >= 11 is 0. The van der Waals surface area contributed by atoms with E-state index in [0.717, 1.165) is 24.3 Å². The molecule has 1 atom stereocenters. The van der Waals surface area contributed by atoms with Gasteiger partial charge in [0.25, 0.3) is 11.5 Å². The van der Waals surface area contributed by atoms with Crippen LogP contribution in [-0.4, -0.2) is 35.2 Å². The first-order valence-electron chi connectivity index (χ1n) is 8.71. The van der Waals surface area contributed by atoms with Crippen molar-refractivity contribution in [3.8, 4) is 11.5 Å². The van der Waals surface area contributed by atoms with Crippen molar-refractivity contribution < 1.29 is 14.3 Å². The van der Waals surface area contributed by atoms with E-state index in [0.29, 0.717) is 24.8 Å². The maximum atomic E-state index is 12.1. The fourth-order valence-corrected chi connectivity index (χ4v) is 2.57. The fourth-order valence-electron chi connectivity index (χ4n) is 2.57. The van der Waals surface area contributed by atoms with E-state index in [9.17, 15) is 9.59 Å². The molecule has 1 heterocycles. The molecule has 138 valence electrons. The summed E-state index contributed by atoms with van der Waals surface area (Å²) in [6.07, 6.45) is 3.13. The van der Waals surface area contributed by atoms with Crippen LogP contribution >= 0.6 is 0 Å². The van der Waals surface area contributed by atoms with Crippen molar-refractivity contribution >= 4 is 5.91 Å². The first-order valence-corrected chi connectivity index (χ1v) is 8.71. The lowest BCUT2D eigenvalue weighted by atomic mass is 10.3. The van der Waals surface area contributed by atoms with Gasteiger partial charge in [0.05, 0.1) is 19.1 Å². The average molecular weight is 357 g/mol. The Morgan fingerprint density at radius 3 is 2.62 bits per heavy atom. The number of hydrogen-bond acceptors (Lipinski definition) is 5. The molecule has 1 amide bonds. The van der Waals surface area contributed by atoms with Crippen molar-refractivity contribution in [2.45, 2.75) is 38.3 Å². The second-order valence-corrected chi connectivity index (χ2v) is 6.35. The molecule has 1 N–H and O–H groups in total. The molecule has 0 bridgehead atoms. The zero-order valence-corrected chi connectivity index (χ0v) is 15.0.